The van der Waals surface area contributed by atoms with Crippen molar-refractivity contribution in [3.63, 3.8) is 0 Å². The molecule has 108 valence electrons. The van der Waals surface area contributed by atoms with Crippen LogP contribution in [-0.4, -0.2) is 37.1 Å². The van der Waals surface area contributed by atoms with Crippen molar-refractivity contribution >= 4 is 5.97 Å². The van der Waals surface area contributed by atoms with Crippen molar-refractivity contribution in [3.05, 3.63) is 35.4 Å². The molecule has 0 spiro atoms. The smallest absolute Gasteiger partial charge is 0.310 e. The van der Waals surface area contributed by atoms with Gasteiger partial charge in [-0.3, -0.25) is 9.69 Å². The second kappa shape index (κ2) is 5.21. The van der Waals surface area contributed by atoms with Crippen molar-refractivity contribution in [2.24, 2.45) is 5.92 Å². The molecule has 0 N–H and O–H groups in total. The van der Waals surface area contributed by atoms with Gasteiger partial charge in [-0.25, -0.2) is 0 Å². The molecule has 1 aromatic rings. The van der Waals surface area contributed by atoms with Crippen LogP contribution in [0.15, 0.2) is 24.3 Å². The fourth-order valence-electron chi connectivity index (χ4n) is 4.08. The fraction of sp³-hybridized carbons (Fsp3) is 0.588. The average molecular weight is 273 g/mol. The molecule has 3 rings (SSSR count). The van der Waals surface area contributed by atoms with Crippen LogP contribution in [0, 0.1) is 12.8 Å². The minimum absolute atomic E-state index is 0.0218. The molecule has 3 nitrogen and oxygen atoms in total. The first-order chi connectivity index (χ1) is 9.61. The SMILES string of the molecule is COC(=O)[C@H]1C2CCC(C[C@H]1c1ccc(C)cc1)N2C. The molecule has 2 unspecified atom stereocenters. The van der Waals surface area contributed by atoms with E-state index in [1.807, 2.05) is 0 Å². The van der Waals surface area contributed by atoms with E-state index < -0.39 is 0 Å². The third kappa shape index (κ3) is 2.14. The van der Waals surface area contributed by atoms with Gasteiger partial charge in [0.25, 0.3) is 0 Å². The molecule has 0 aromatic heterocycles. The van der Waals surface area contributed by atoms with Gasteiger partial charge in [-0.2, -0.15) is 0 Å². The number of hydrogen-bond acceptors (Lipinski definition) is 3. The van der Waals surface area contributed by atoms with E-state index in [0.717, 1.165) is 12.8 Å². The highest BCUT2D eigenvalue weighted by Gasteiger charge is 2.49. The van der Waals surface area contributed by atoms with E-state index in [1.165, 1.54) is 24.7 Å². The first kappa shape index (κ1) is 13.6. The molecule has 4 atom stereocenters. The number of carbonyl (C=O) groups is 1. The molecule has 2 bridgehead atoms. The Bertz CT molecular complexity index is 496. The highest BCUT2D eigenvalue weighted by Crippen LogP contribution is 2.46. The Balaban J connectivity index is 1.95. The minimum atomic E-state index is -0.0484. The maximum Gasteiger partial charge on any atom is 0.310 e. The third-order valence-corrected chi connectivity index (χ3v) is 5.25. The lowest BCUT2D eigenvalue weighted by Crippen LogP contribution is -2.49. The Hall–Kier alpha value is -1.35. The number of rotatable bonds is 2. The van der Waals surface area contributed by atoms with Gasteiger partial charge in [0, 0.05) is 18.0 Å². The van der Waals surface area contributed by atoms with Crippen molar-refractivity contribution in [1.29, 1.82) is 0 Å². The van der Waals surface area contributed by atoms with E-state index in [9.17, 15) is 4.79 Å². The number of nitrogens with zero attached hydrogens (tertiary/aromatic N) is 1. The zero-order chi connectivity index (χ0) is 14.3. The maximum absolute atomic E-state index is 12.3. The summed E-state index contributed by atoms with van der Waals surface area (Å²) in [5.41, 5.74) is 2.55. The zero-order valence-corrected chi connectivity index (χ0v) is 12.5. The second-order valence-electron chi connectivity index (χ2n) is 6.27. The summed E-state index contributed by atoms with van der Waals surface area (Å²) in [6, 6.07) is 9.61. The van der Waals surface area contributed by atoms with Crippen LogP contribution in [0.3, 0.4) is 0 Å². The van der Waals surface area contributed by atoms with E-state index in [0.29, 0.717) is 18.0 Å². The standard InChI is InChI=1S/C17H23NO2/c1-11-4-6-12(7-5-11)14-10-13-8-9-15(18(13)2)16(14)17(19)20-3/h4-7,13-16H,8-10H2,1-3H3/t13?,14-,15?,16+/m0/s1. The second-order valence-corrected chi connectivity index (χ2v) is 6.27. The number of benzene rings is 1. The van der Waals surface area contributed by atoms with Gasteiger partial charge in [0.2, 0.25) is 0 Å². The van der Waals surface area contributed by atoms with Crippen molar-refractivity contribution in [1.82, 2.24) is 4.90 Å². The Kier molecular flexibility index (Phi) is 3.55. The molecule has 3 heteroatoms. The minimum Gasteiger partial charge on any atom is -0.469 e. The Morgan fingerprint density at radius 1 is 1.25 bits per heavy atom. The Morgan fingerprint density at radius 2 is 1.95 bits per heavy atom. The first-order valence-electron chi connectivity index (χ1n) is 7.48. The van der Waals surface area contributed by atoms with Crippen LogP contribution in [-0.2, 0) is 9.53 Å². The topological polar surface area (TPSA) is 29.5 Å². The predicted molar refractivity (Wildman–Crippen MR) is 78.6 cm³/mol. The van der Waals surface area contributed by atoms with E-state index in [4.69, 9.17) is 4.74 Å². The number of hydrogen-bond donors (Lipinski definition) is 0. The van der Waals surface area contributed by atoms with Crippen LogP contribution in [0.25, 0.3) is 0 Å². The van der Waals surface area contributed by atoms with Crippen LogP contribution < -0.4 is 0 Å². The number of carbonyl (C=O) groups excluding carboxylic acids is 1. The molecule has 20 heavy (non-hydrogen) atoms. The number of piperidine rings is 1. The summed E-state index contributed by atoms with van der Waals surface area (Å²) in [6.07, 6.45) is 3.39. The molecule has 2 saturated heterocycles. The molecular weight excluding hydrogens is 250 g/mol. The molecule has 2 heterocycles. The van der Waals surface area contributed by atoms with Gasteiger partial charge in [-0.1, -0.05) is 29.8 Å². The molecule has 2 fully saturated rings. The van der Waals surface area contributed by atoms with E-state index in [-0.39, 0.29) is 11.9 Å². The van der Waals surface area contributed by atoms with Gasteiger partial charge in [0.15, 0.2) is 0 Å². The van der Waals surface area contributed by atoms with E-state index >= 15 is 0 Å². The number of fused-ring (bicyclic) bond motifs is 2. The molecule has 0 saturated carbocycles. The molecule has 1 aromatic carbocycles. The molecule has 0 radical (unpaired) electrons. The van der Waals surface area contributed by atoms with Crippen LogP contribution in [0.5, 0.6) is 0 Å². The van der Waals surface area contributed by atoms with Crippen LogP contribution in [0.1, 0.15) is 36.3 Å². The summed E-state index contributed by atoms with van der Waals surface area (Å²) in [6.45, 7) is 2.10. The highest BCUT2D eigenvalue weighted by atomic mass is 16.5. The Labute approximate surface area is 120 Å². The average Bonchev–Trinajstić information content (AvgIpc) is 2.70. The van der Waals surface area contributed by atoms with Gasteiger partial charge in [-0.05, 0) is 38.8 Å². The number of ether oxygens (including phenoxy) is 1. The maximum atomic E-state index is 12.3. The van der Waals surface area contributed by atoms with Gasteiger partial charge >= 0.3 is 5.97 Å². The first-order valence-corrected chi connectivity index (χ1v) is 7.48. The van der Waals surface area contributed by atoms with E-state index in [2.05, 4.69) is 43.1 Å². The van der Waals surface area contributed by atoms with Gasteiger partial charge in [-0.15, -0.1) is 0 Å². The predicted octanol–water partition coefficient (Wildman–Crippen LogP) is 2.73. The summed E-state index contributed by atoms with van der Waals surface area (Å²) in [5.74, 6) is 0.232. The van der Waals surface area contributed by atoms with Crippen molar-refractivity contribution in [3.8, 4) is 0 Å². The summed E-state index contributed by atoms with van der Waals surface area (Å²) < 4.78 is 5.10. The lowest BCUT2D eigenvalue weighted by atomic mass is 9.76. The summed E-state index contributed by atoms with van der Waals surface area (Å²) in [7, 11) is 3.67. The fourth-order valence-corrected chi connectivity index (χ4v) is 4.08. The van der Waals surface area contributed by atoms with Crippen molar-refractivity contribution < 1.29 is 9.53 Å². The monoisotopic (exact) mass is 273 g/mol. The molecule has 0 aliphatic carbocycles. The quantitative estimate of drug-likeness (QED) is 0.776. The van der Waals surface area contributed by atoms with Crippen LogP contribution in [0.2, 0.25) is 0 Å². The van der Waals surface area contributed by atoms with E-state index in [1.54, 1.807) is 0 Å². The number of esters is 1. The zero-order valence-electron chi connectivity index (χ0n) is 12.5. The van der Waals surface area contributed by atoms with Gasteiger partial charge in [0.1, 0.15) is 0 Å². The molecular formula is C17H23NO2. The van der Waals surface area contributed by atoms with Gasteiger partial charge < -0.3 is 4.74 Å². The summed E-state index contributed by atoms with van der Waals surface area (Å²) in [4.78, 5) is 14.7. The van der Waals surface area contributed by atoms with Crippen LogP contribution >= 0.6 is 0 Å². The number of aryl methyl sites for hydroxylation is 1. The third-order valence-electron chi connectivity index (χ3n) is 5.25. The van der Waals surface area contributed by atoms with Gasteiger partial charge in [0.05, 0.1) is 13.0 Å². The molecule has 2 aliphatic heterocycles. The summed E-state index contributed by atoms with van der Waals surface area (Å²) >= 11 is 0. The molecule has 0 amide bonds. The summed E-state index contributed by atoms with van der Waals surface area (Å²) in [5, 5.41) is 0. The van der Waals surface area contributed by atoms with Crippen molar-refractivity contribution in [2.45, 2.75) is 44.2 Å². The number of methoxy groups -OCH3 is 1. The highest BCUT2D eigenvalue weighted by molar-refractivity contribution is 5.75. The normalized spacial score (nSPS) is 33.1. The molecule has 2 aliphatic rings. The Morgan fingerprint density at radius 3 is 2.60 bits per heavy atom. The van der Waals surface area contributed by atoms with Crippen molar-refractivity contribution in [2.75, 3.05) is 14.2 Å². The van der Waals surface area contributed by atoms with Crippen LogP contribution in [0.4, 0.5) is 0 Å². The lowest BCUT2D eigenvalue weighted by molar-refractivity contribution is -0.150. The largest absolute Gasteiger partial charge is 0.469 e. The lowest BCUT2D eigenvalue weighted by Gasteiger charge is -2.41.